The predicted octanol–water partition coefficient (Wildman–Crippen LogP) is 3.00. The number of carbonyl (C=O) groups excluding carboxylic acids is 1. The second kappa shape index (κ2) is 4.09. The van der Waals surface area contributed by atoms with E-state index in [0.29, 0.717) is 0 Å². The Morgan fingerprint density at radius 3 is 2.75 bits per heavy atom. The lowest BCUT2D eigenvalue weighted by atomic mass is 10.1. The molecule has 1 amide bonds. The van der Waals surface area contributed by atoms with E-state index >= 15 is 0 Å². The SMILES string of the molecule is CC1Nc2ccc(Br)cc2N(C(C)C)C1=O. The van der Waals surface area contributed by atoms with Gasteiger partial charge in [0.1, 0.15) is 6.04 Å². The van der Waals surface area contributed by atoms with Gasteiger partial charge in [-0.05, 0) is 39.0 Å². The monoisotopic (exact) mass is 282 g/mol. The van der Waals surface area contributed by atoms with Crippen LogP contribution in [0.5, 0.6) is 0 Å². The summed E-state index contributed by atoms with van der Waals surface area (Å²) in [5.74, 6) is 0.126. The van der Waals surface area contributed by atoms with Crippen molar-refractivity contribution in [1.82, 2.24) is 0 Å². The van der Waals surface area contributed by atoms with E-state index in [1.54, 1.807) is 0 Å². The smallest absolute Gasteiger partial charge is 0.249 e. The first-order valence-electron chi connectivity index (χ1n) is 5.40. The first-order chi connectivity index (χ1) is 7.50. The summed E-state index contributed by atoms with van der Waals surface area (Å²) in [6, 6.07) is 5.97. The van der Waals surface area contributed by atoms with Crippen LogP contribution in [0.3, 0.4) is 0 Å². The molecular weight excluding hydrogens is 268 g/mol. The van der Waals surface area contributed by atoms with Crippen molar-refractivity contribution in [3.05, 3.63) is 22.7 Å². The molecule has 0 saturated carbocycles. The van der Waals surface area contributed by atoms with Gasteiger partial charge in [-0.3, -0.25) is 4.79 Å². The van der Waals surface area contributed by atoms with Gasteiger partial charge < -0.3 is 10.2 Å². The summed E-state index contributed by atoms with van der Waals surface area (Å²) in [4.78, 5) is 13.9. The molecule has 86 valence electrons. The number of amides is 1. The lowest BCUT2D eigenvalue weighted by molar-refractivity contribution is -0.119. The molecule has 0 radical (unpaired) electrons. The third kappa shape index (κ3) is 1.82. The van der Waals surface area contributed by atoms with Gasteiger partial charge in [-0.25, -0.2) is 0 Å². The van der Waals surface area contributed by atoms with Crippen molar-refractivity contribution in [3.63, 3.8) is 0 Å². The molecule has 16 heavy (non-hydrogen) atoms. The van der Waals surface area contributed by atoms with Crippen LogP contribution < -0.4 is 10.2 Å². The van der Waals surface area contributed by atoms with Crippen molar-refractivity contribution < 1.29 is 4.79 Å². The van der Waals surface area contributed by atoms with Gasteiger partial charge in [-0.15, -0.1) is 0 Å². The second-order valence-electron chi connectivity index (χ2n) is 4.33. The molecule has 0 aliphatic carbocycles. The maximum Gasteiger partial charge on any atom is 0.249 e. The van der Waals surface area contributed by atoms with Crippen molar-refractivity contribution in [2.24, 2.45) is 0 Å². The van der Waals surface area contributed by atoms with Crippen LogP contribution in [0.1, 0.15) is 20.8 Å². The van der Waals surface area contributed by atoms with E-state index in [0.717, 1.165) is 15.8 Å². The lowest BCUT2D eigenvalue weighted by Gasteiger charge is -2.36. The number of carbonyl (C=O) groups is 1. The van der Waals surface area contributed by atoms with Gasteiger partial charge >= 0.3 is 0 Å². The molecule has 1 aromatic carbocycles. The highest BCUT2D eigenvalue weighted by Gasteiger charge is 2.31. The summed E-state index contributed by atoms with van der Waals surface area (Å²) in [6.07, 6.45) is 0. The molecule has 0 fully saturated rings. The van der Waals surface area contributed by atoms with Crippen LogP contribution in [0.4, 0.5) is 11.4 Å². The van der Waals surface area contributed by atoms with Crippen LogP contribution in [-0.2, 0) is 4.79 Å². The van der Waals surface area contributed by atoms with E-state index in [1.807, 2.05) is 43.9 Å². The molecular formula is C12H15BrN2O. The van der Waals surface area contributed by atoms with Crippen LogP contribution >= 0.6 is 15.9 Å². The minimum Gasteiger partial charge on any atom is -0.372 e. The van der Waals surface area contributed by atoms with Crippen molar-refractivity contribution >= 4 is 33.2 Å². The Morgan fingerprint density at radius 1 is 1.44 bits per heavy atom. The number of rotatable bonds is 1. The van der Waals surface area contributed by atoms with Gasteiger partial charge in [0.15, 0.2) is 0 Å². The van der Waals surface area contributed by atoms with Gasteiger partial charge in [0.25, 0.3) is 0 Å². The average molecular weight is 283 g/mol. The first kappa shape index (κ1) is 11.5. The van der Waals surface area contributed by atoms with E-state index < -0.39 is 0 Å². The summed E-state index contributed by atoms with van der Waals surface area (Å²) in [5.41, 5.74) is 1.97. The molecule has 1 aromatic rings. The molecule has 0 aromatic heterocycles. The summed E-state index contributed by atoms with van der Waals surface area (Å²) < 4.78 is 0.987. The second-order valence-corrected chi connectivity index (χ2v) is 5.25. The van der Waals surface area contributed by atoms with Crippen molar-refractivity contribution in [1.29, 1.82) is 0 Å². The quantitative estimate of drug-likeness (QED) is 0.859. The Balaban J connectivity index is 2.53. The van der Waals surface area contributed by atoms with E-state index in [4.69, 9.17) is 0 Å². The molecule has 1 atom stereocenters. The molecule has 1 aliphatic heterocycles. The number of fused-ring (bicyclic) bond motifs is 1. The average Bonchev–Trinajstić information content (AvgIpc) is 2.20. The van der Waals surface area contributed by atoms with E-state index in [1.165, 1.54) is 0 Å². The number of nitrogens with zero attached hydrogens (tertiary/aromatic N) is 1. The highest BCUT2D eigenvalue weighted by atomic mass is 79.9. The fourth-order valence-electron chi connectivity index (χ4n) is 1.98. The number of benzene rings is 1. The fourth-order valence-corrected chi connectivity index (χ4v) is 2.33. The maximum absolute atomic E-state index is 12.1. The summed E-state index contributed by atoms with van der Waals surface area (Å²) >= 11 is 3.44. The fraction of sp³-hybridized carbons (Fsp3) is 0.417. The lowest BCUT2D eigenvalue weighted by Crippen LogP contribution is -2.48. The third-order valence-electron chi connectivity index (χ3n) is 2.72. The Morgan fingerprint density at radius 2 is 2.12 bits per heavy atom. The molecule has 1 N–H and O–H groups in total. The third-order valence-corrected chi connectivity index (χ3v) is 3.21. The van der Waals surface area contributed by atoms with E-state index in [9.17, 15) is 4.79 Å². The molecule has 1 unspecified atom stereocenters. The summed E-state index contributed by atoms with van der Waals surface area (Å²) in [7, 11) is 0. The minimum atomic E-state index is -0.156. The molecule has 0 spiro atoms. The molecule has 1 aliphatic rings. The zero-order chi connectivity index (χ0) is 11.9. The highest BCUT2D eigenvalue weighted by molar-refractivity contribution is 9.10. The minimum absolute atomic E-state index is 0.126. The molecule has 2 rings (SSSR count). The number of nitrogens with one attached hydrogen (secondary N) is 1. The van der Waals surface area contributed by atoms with Gasteiger partial charge in [0, 0.05) is 10.5 Å². The van der Waals surface area contributed by atoms with Crippen molar-refractivity contribution in [3.8, 4) is 0 Å². The molecule has 1 heterocycles. The van der Waals surface area contributed by atoms with E-state index in [2.05, 4.69) is 21.2 Å². The van der Waals surface area contributed by atoms with Crippen molar-refractivity contribution in [2.75, 3.05) is 10.2 Å². The van der Waals surface area contributed by atoms with Crippen LogP contribution in [0.2, 0.25) is 0 Å². The van der Waals surface area contributed by atoms with Gasteiger partial charge in [-0.2, -0.15) is 0 Å². The van der Waals surface area contributed by atoms with E-state index in [-0.39, 0.29) is 18.0 Å². The van der Waals surface area contributed by atoms with Gasteiger partial charge in [0.2, 0.25) is 5.91 Å². The van der Waals surface area contributed by atoms with Crippen LogP contribution in [0.25, 0.3) is 0 Å². The molecule has 0 saturated heterocycles. The predicted molar refractivity (Wildman–Crippen MR) is 69.8 cm³/mol. The van der Waals surface area contributed by atoms with Gasteiger partial charge in [-0.1, -0.05) is 15.9 Å². The largest absolute Gasteiger partial charge is 0.372 e. The highest BCUT2D eigenvalue weighted by Crippen LogP contribution is 2.35. The normalized spacial score (nSPS) is 19.7. The molecule has 0 bridgehead atoms. The van der Waals surface area contributed by atoms with Crippen LogP contribution in [0, 0.1) is 0 Å². The summed E-state index contributed by atoms with van der Waals surface area (Å²) in [5, 5.41) is 3.21. The van der Waals surface area contributed by atoms with Crippen molar-refractivity contribution in [2.45, 2.75) is 32.9 Å². The zero-order valence-electron chi connectivity index (χ0n) is 9.62. The Kier molecular flexibility index (Phi) is 2.93. The summed E-state index contributed by atoms with van der Waals surface area (Å²) in [6.45, 7) is 5.95. The number of anilines is 2. The Labute approximate surface area is 104 Å². The van der Waals surface area contributed by atoms with Gasteiger partial charge in [0.05, 0.1) is 11.4 Å². The maximum atomic E-state index is 12.1. The van der Waals surface area contributed by atoms with Crippen LogP contribution in [0.15, 0.2) is 22.7 Å². The number of halogens is 1. The Bertz CT molecular complexity index is 431. The Hall–Kier alpha value is -1.03. The molecule has 4 heteroatoms. The standard InChI is InChI=1S/C12H15BrN2O/c1-7(2)15-11-6-9(13)4-5-10(11)14-8(3)12(15)16/h4-8,14H,1-3H3. The first-order valence-corrected chi connectivity index (χ1v) is 6.19. The molecule has 3 nitrogen and oxygen atoms in total. The number of hydrogen-bond acceptors (Lipinski definition) is 2. The zero-order valence-corrected chi connectivity index (χ0v) is 11.2. The van der Waals surface area contributed by atoms with Crippen LogP contribution in [-0.4, -0.2) is 18.0 Å². The topological polar surface area (TPSA) is 32.3 Å². The number of hydrogen-bond donors (Lipinski definition) is 1.